The van der Waals surface area contributed by atoms with E-state index in [0.29, 0.717) is 11.3 Å². The molecule has 0 saturated heterocycles. The van der Waals surface area contributed by atoms with E-state index in [9.17, 15) is 9.90 Å². The first kappa shape index (κ1) is 11.3. The van der Waals surface area contributed by atoms with Gasteiger partial charge in [-0.25, -0.2) is 4.79 Å². The van der Waals surface area contributed by atoms with Gasteiger partial charge in [0.15, 0.2) is 0 Å². The number of aliphatic hydroxyl groups is 1. The van der Waals surface area contributed by atoms with Crippen molar-refractivity contribution in [2.24, 2.45) is 0 Å². The van der Waals surface area contributed by atoms with Gasteiger partial charge < -0.3 is 14.9 Å². The van der Waals surface area contributed by atoms with Crippen molar-refractivity contribution in [1.82, 2.24) is 0 Å². The lowest BCUT2D eigenvalue weighted by molar-refractivity contribution is 0.0696. The zero-order valence-corrected chi connectivity index (χ0v) is 8.30. The fourth-order valence-electron chi connectivity index (χ4n) is 1.22. The summed E-state index contributed by atoms with van der Waals surface area (Å²) in [6, 6.07) is 4.28. The van der Waals surface area contributed by atoms with E-state index in [1.54, 1.807) is 0 Å². The van der Waals surface area contributed by atoms with Gasteiger partial charge in [-0.1, -0.05) is 12.1 Å². The average Bonchev–Trinajstić information content (AvgIpc) is 2.27. The van der Waals surface area contributed by atoms with Crippen LogP contribution in [0.25, 0.3) is 0 Å². The molecule has 1 unspecified atom stereocenters. The highest BCUT2D eigenvalue weighted by Crippen LogP contribution is 2.26. The van der Waals surface area contributed by atoms with Crippen molar-refractivity contribution in [3.63, 3.8) is 0 Å². The van der Waals surface area contributed by atoms with E-state index >= 15 is 0 Å². The molecule has 0 saturated carbocycles. The number of hydrogen-bond acceptors (Lipinski definition) is 3. The first-order valence-electron chi connectivity index (χ1n) is 4.32. The molecular weight excluding hydrogens is 196 g/mol. The van der Waals surface area contributed by atoms with Gasteiger partial charge in [-0.3, -0.25) is 0 Å². The summed E-state index contributed by atoms with van der Waals surface area (Å²) < 4.78 is 4.99. The number of benzene rings is 1. The Balaban J connectivity index is 3.20. The Morgan fingerprint density at radius 1 is 1.60 bits per heavy atom. The second kappa shape index (κ2) is 4.61. The quantitative estimate of drug-likeness (QED) is 0.738. The van der Waals surface area contributed by atoms with Gasteiger partial charge in [-0.05, 0) is 12.1 Å². The third-order valence-electron chi connectivity index (χ3n) is 2.02. The van der Waals surface area contributed by atoms with Crippen molar-refractivity contribution in [3.8, 4) is 5.75 Å². The maximum atomic E-state index is 10.7. The molecule has 0 bridgehead atoms. The summed E-state index contributed by atoms with van der Waals surface area (Å²) >= 11 is 0. The molecule has 1 aromatic rings. The summed E-state index contributed by atoms with van der Waals surface area (Å²) in [6.45, 7) is 3.45. The fraction of sp³-hybridized carbons (Fsp3) is 0.182. The molecule has 0 aliphatic rings. The first-order valence-corrected chi connectivity index (χ1v) is 4.32. The number of aliphatic hydroxyl groups excluding tert-OH is 1. The second-order valence-corrected chi connectivity index (χ2v) is 2.94. The van der Waals surface area contributed by atoms with Crippen LogP contribution in [-0.4, -0.2) is 23.3 Å². The van der Waals surface area contributed by atoms with Crippen LogP contribution in [0.1, 0.15) is 22.0 Å². The number of methoxy groups -OCH3 is 1. The molecule has 1 atom stereocenters. The molecule has 1 rings (SSSR count). The number of ether oxygens (including phenoxy) is 1. The van der Waals surface area contributed by atoms with Crippen LogP contribution in [0.15, 0.2) is 30.9 Å². The van der Waals surface area contributed by atoms with E-state index < -0.39 is 12.1 Å². The van der Waals surface area contributed by atoms with Crippen molar-refractivity contribution in [2.75, 3.05) is 7.11 Å². The van der Waals surface area contributed by atoms with Gasteiger partial charge >= 0.3 is 5.97 Å². The molecule has 4 nitrogen and oxygen atoms in total. The maximum Gasteiger partial charge on any atom is 0.335 e. The van der Waals surface area contributed by atoms with Crippen LogP contribution in [0.4, 0.5) is 0 Å². The lowest BCUT2D eigenvalue weighted by atomic mass is 10.1. The van der Waals surface area contributed by atoms with Gasteiger partial charge in [0, 0.05) is 5.56 Å². The first-order chi connectivity index (χ1) is 7.10. The Morgan fingerprint density at radius 3 is 2.73 bits per heavy atom. The molecule has 0 heterocycles. The van der Waals surface area contributed by atoms with E-state index in [1.165, 1.54) is 31.4 Å². The minimum absolute atomic E-state index is 0.117. The van der Waals surface area contributed by atoms with Gasteiger partial charge in [0.05, 0.1) is 12.7 Å². The summed E-state index contributed by atoms with van der Waals surface area (Å²) in [7, 11) is 1.42. The SMILES string of the molecule is C=CC(O)c1ccc(C(=O)O)cc1OC. The molecule has 0 aliphatic heterocycles. The van der Waals surface area contributed by atoms with Crippen molar-refractivity contribution >= 4 is 5.97 Å². The van der Waals surface area contributed by atoms with Gasteiger partial charge in [0.2, 0.25) is 0 Å². The lowest BCUT2D eigenvalue weighted by Crippen LogP contribution is -2.01. The van der Waals surface area contributed by atoms with Crippen molar-refractivity contribution in [2.45, 2.75) is 6.10 Å². The monoisotopic (exact) mass is 208 g/mol. The van der Waals surface area contributed by atoms with Gasteiger partial charge in [-0.2, -0.15) is 0 Å². The van der Waals surface area contributed by atoms with Crippen LogP contribution in [-0.2, 0) is 0 Å². The van der Waals surface area contributed by atoms with Gasteiger partial charge in [0.1, 0.15) is 11.9 Å². The Kier molecular flexibility index (Phi) is 3.46. The standard InChI is InChI=1S/C11H12O4/c1-3-9(12)8-5-4-7(11(13)14)6-10(8)15-2/h3-6,9,12H,1H2,2H3,(H,13,14). The Bertz CT molecular complexity index is 384. The van der Waals surface area contributed by atoms with Crippen LogP contribution in [0.2, 0.25) is 0 Å². The van der Waals surface area contributed by atoms with Crippen LogP contribution in [0.5, 0.6) is 5.75 Å². The van der Waals surface area contributed by atoms with Crippen LogP contribution >= 0.6 is 0 Å². The fourth-order valence-corrected chi connectivity index (χ4v) is 1.22. The Morgan fingerprint density at radius 2 is 2.27 bits per heavy atom. The molecule has 0 aliphatic carbocycles. The highest BCUT2D eigenvalue weighted by Gasteiger charge is 2.12. The zero-order chi connectivity index (χ0) is 11.4. The van der Waals surface area contributed by atoms with Crippen LogP contribution in [0, 0.1) is 0 Å². The molecular formula is C11H12O4. The largest absolute Gasteiger partial charge is 0.496 e. The third kappa shape index (κ3) is 2.35. The summed E-state index contributed by atoms with van der Waals surface area (Å²) in [5, 5.41) is 18.3. The maximum absolute atomic E-state index is 10.7. The van der Waals surface area contributed by atoms with Crippen LogP contribution < -0.4 is 4.74 Å². The highest BCUT2D eigenvalue weighted by molar-refractivity contribution is 5.88. The molecule has 0 fully saturated rings. The average molecular weight is 208 g/mol. The summed E-state index contributed by atoms with van der Waals surface area (Å²) in [4.78, 5) is 10.7. The minimum Gasteiger partial charge on any atom is -0.496 e. The number of carboxylic acid groups (broad SMARTS) is 1. The second-order valence-electron chi connectivity index (χ2n) is 2.94. The molecule has 15 heavy (non-hydrogen) atoms. The lowest BCUT2D eigenvalue weighted by Gasteiger charge is -2.11. The molecule has 2 N–H and O–H groups in total. The zero-order valence-electron chi connectivity index (χ0n) is 8.30. The van der Waals surface area contributed by atoms with Crippen LogP contribution in [0.3, 0.4) is 0 Å². The molecule has 0 amide bonds. The molecule has 0 radical (unpaired) electrons. The summed E-state index contributed by atoms with van der Waals surface area (Å²) in [6.07, 6.45) is 0.487. The smallest absolute Gasteiger partial charge is 0.335 e. The molecule has 4 heteroatoms. The summed E-state index contributed by atoms with van der Waals surface area (Å²) in [5.74, 6) is -0.699. The Hall–Kier alpha value is -1.81. The minimum atomic E-state index is -1.03. The number of carboxylic acids is 1. The predicted octanol–water partition coefficient (Wildman–Crippen LogP) is 1.61. The van der Waals surface area contributed by atoms with E-state index in [-0.39, 0.29) is 5.56 Å². The number of hydrogen-bond donors (Lipinski definition) is 2. The van der Waals surface area contributed by atoms with E-state index in [2.05, 4.69) is 6.58 Å². The van der Waals surface area contributed by atoms with E-state index in [0.717, 1.165) is 0 Å². The van der Waals surface area contributed by atoms with Gasteiger partial charge in [0.25, 0.3) is 0 Å². The normalized spacial score (nSPS) is 11.9. The number of aromatic carboxylic acids is 1. The van der Waals surface area contributed by atoms with Gasteiger partial charge in [-0.15, -0.1) is 6.58 Å². The third-order valence-corrected chi connectivity index (χ3v) is 2.02. The number of carbonyl (C=O) groups is 1. The van der Waals surface area contributed by atoms with Crippen molar-refractivity contribution in [3.05, 3.63) is 42.0 Å². The molecule has 0 spiro atoms. The Labute approximate surface area is 87.4 Å². The van der Waals surface area contributed by atoms with E-state index in [4.69, 9.17) is 9.84 Å². The predicted molar refractivity (Wildman–Crippen MR) is 55.1 cm³/mol. The van der Waals surface area contributed by atoms with E-state index in [1.807, 2.05) is 0 Å². The highest BCUT2D eigenvalue weighted by atomic mass is 16.5. The topological polar surface area (TPSA) is 66.8 Å². The molecule has 0 aromatic heterocycles. The molecule has 80 valence electrons. The van der Waals surface area contributed by atoms with Crippen molar-refractivity contribution in [1.29, 1.82) is 0 Å². The number of rotatable bonds is 4. The van der Waals surface area contributed by atoms with Crippen molar-refractivity contribution < 1.29 is 19.7 Å². The molecule has 1 aromatic carbocycles. The summed E-state index contributed by atoms with van der Waals surface area (Å²) in [5.41, 5.74) is 0.615.